The first-order valence-corrected chi connectivity index (χ1v) is 7.36. The zero-order chi connectivity index (χ0) is 12.9. The highest BCUT2D eigenvalue weighted by molar-refractivity contribution is 9.10. The Labute approximate surface area is 118 Å². The van der Waals surface area contributed by atoms with Gasteiger partial charge in [-0.2, -0.15) is 4.98 Å². The normalized spacial score (nSPS) is 24.8. The van der Waals surface area contributed by atoms with Crippen LogP contribution in [0.5, 0.6) is 0 Å². The summed E-state index contributed by atoms with van der Waals surface area (Å²) in [4.78, 5) is 4.49. The number of aromatic nitrogens is 2. The zero-order valence-corrected chi connectivity index (χ0v) is 11.9. The fourth-order valence-electron chi connectivity index (χ4n) is 3.09. The third-order valence-electron chi connectivity index (χ3n) is 4.32. The number of nitrogens with one attached hydrogen (secondary N) is 1. The summed E-state index contributed by atoms with van der Waals surface area (Å²) in [6.45, 7) is 2.20. The third-order valence-corrected chi connectivity index (χ3v) is 4.75. The van der Waals surface area contributed by atoms with Crippen molar-refractivity contribution in [3.05, 3.63) is 22.7 Å². The van der Waals surface area contributed by atoms with Gasteiger partial charge in [0.15, 0.2) is 10.4 Å². The molecule has 5 nitrogen and oxygen atoms in total. The molecule has 2 fully saturated rings. The second-order valence-electron chi connectivity index (χ2n) is 5.43. The Hall–Kier alpha value is -1.14. The lowest BCUT2D eigenvalue weighted by atomic mass is 9.92. The summed E-state index contributed by atoms with van der Waals surface area (Å²) in [5, 5.41) is 7.42. The van der Waals surface area contributed by atoms with E-state index in [9.17, 15) is 0 Å². The molecule has 2 aromatic rings. The monoisotopic (exact) mass is 323 g/mol. The standard InChI is InChI=1S/C13H14BrN3O2/c14-10-2-1-9(18-10)11-16-12(19-17-11)8-7-13(8)3-5-15-6-4-13/h1-2,8,15H,3-7H2. The molecule has 4 rings (SSSR count). The number of rotatable bonds is 2. The van der Waals surface area contributed by atoms with E-state index in [1.807, 2.05) is 12.1 Å². The molecule has 2 aliphatic rings. The van der Waals surface area contributed by atoms with Crippen LogP contribution in [0.3, 0.4) is 0 Å². The molecule has 0 bridgehead atoms. The van der Waals surface area contributed by atoms with E-state index in [0.717, 1.165) is 19.0 Å². The highest BCUT2D eigenvalue weighted by atomic mass is 79.9. The van der Waals surface area contributed by atoms with Crippen molar-refractivity contribution in [1.82, 2.24) is 15.5 Å². The second kappa shape index (κ2) is 4.18. The summed E-state index contributed by atoms with van der Waals surface area (Å²) in [5.74, 6) is 2.39. The molecule has 1 spiro atoms. The lowest BCUT2D eigenvalue weighted by molar-refractivity contribution is 0.311. The van der Waals surface area contributed by atoms with E-state index in [0.29, 0.717) is 27.6 Å². The molecule has 19 heavy (non-hydrogen) atoms. The molecular formula is C13H14BrN3O2. The molecule has 0 amide bonds. The molecule has 2 aromatic heterocycles. The molecule has 0 aromatic carbocycles. The average molecular weight is 324 g/mol. The van der Waals surface area contributed by atoms with E-state index < -0.39 is 0 Å². The molecular weight excluding hydrogens is 310 g/mol. The highest BCUT2D eigenvalue weighted by Gasteiger charge is 2.57. The molecule has 1 aliphatic heterocycles. The molecule has 1 aliphatic carbocycles. The molecule has 100 valence electrons. The van der Waals surface area contributed by atoms with Crippen LogP contribution in [0, 0.1) is 5.41 Å². The van der Waals surface area contributed by atoms with Gasteiger partial charge in [-0.25, -0.2) is 0 Å². The first-order valence-electron chi connectivity index (χ1n) is 6.57. The Bertz CT molecular complexity index is 601. The van der Waals surface area contributed by atoms with Gasteiger partial charge < -0.3 is 14.3 Å². The summed E-state index contributed by atoms with van der Waals surface area (Å²) < 4.78 is 11.5. The zero-order valence-electron chi connectivity index (χ0n) is 10.4. The van der Waals surface area contributed by atoms with Crippen molar-refractivity contribution < 1.29 is 8.94 Å². The molecule has 6 heteroatoms. The van der Waals surface area contributed by atoms with Crippen molar-refractivity contribution in [3.63, 3.8) is 0 Å². The Morgan fingerprint density at radius 1 is 1.32 bits per heavy atom. The molecule has 1 unspecified atom stereocenters. The Morgan fingerprint density at radius 2 is 2.16 bits per heavy atom. The highest BCUT2D eigenvalue weighted by Crippen LogP contribution is 2.63. The van der Waals surface area contributed by atoms with Crippen molar-refractivity contribution >= 4 is 15.9 Å². The number of halogens is 1. The second-order valence-corrected chi connectivity index (χ2v) is 6.21. The van der Waals surface area contributed by atoms with Gasteiger partial charge in [0, 0.05) is 5.92 Å². The maximum atomic E-state index is 5.44. The summed E-state index contributed by atoms with van der Waals surface area (Å²) in [6.07, 6.45) is 3.60. The van der Waals surface area contributed by atoms with E-state index in [4.69, 9.17) is 8.94 Å². The third kappa shape index (κ3) is 1.94. The SMILES string of the molecule is Brc1ccc(-c2noc(C3CC34CCNCC4)n2)o1. The number of nitrogens with zero attached hydrogens (tertiary/aromatic N) is 2. The summed E-state index contributed by atoms with van der Waals surface area (Å²) >= 11 is 3.28. The minimum absolute atomic E-state index is 0.415. The largest absolute Gasteiger partial charge is 0.446 e. The average Bonchev–Trinajstić information content (AvgIpc) is 2.85. The maximum Gasteiger partial charge on any atom is 0.238 e. The van der Waals surface area contributed by atoms with Crippen molar-refractivity contribution in [2.45, 2.75) is 25.2 Å². The van der Waals surface area contributed by atoms with Crippen LogP contribution in [0.2, 0.25) is 0 Å². The van der Waals surface area contributed by atoms with E-state index in [1.54, 1.807) is 0 Å². The predicted molar refractivity (Wildman–Crippen MR) is 71.6 cm³/mol. The Kier molecular flexibility index (Phi) is 2.57. The molecule has 1 atom stereocenters. The van der Waals surface area contributed by atoms with Crippen molar-refractivity contribution in [2.24, 2.45) is 5.41 Å². The quantitative estimate of drug-likeness (QED) is 0.920. The van der Waals surface area contributed by atoms with Crippen LogP contribution >= 0.6 is 15.9 Å². The first-order chi connectivity index (χ1) is 9.27. The lowest BCUT2D eigenvalue weighted by Gasteiger charge is -2.22. The Morgan fingerprint density at radius 3 is 2.89 bits per heavy atom. The number of hydrogen-bond acceptors (Lipinski definition) is 5. The van der Waals surface area contributed by atoms with Gasteiger partial charge in [-0.05, 0) is 65.8 Å². The summed E-state index contributed by atoms with van der Waals surface area (Å²) in [6, 6.07) is 3.67. The van der Waals surface area contributed by atoms with Gasteiger partial charge in [-0.15, -0.1) is 0 Å². The maximum absolute atomic E-state index is 5.44. The lowest BCUT2D eigenvalue weighted by Crippen LogP contribution is -2.29. The number of piperidine rings is 1. The molecule has 3 heterocycles. The molecule has 1 saturated carbocycles. The van der Waals surface area contributed by atoms with Crippen LogP contribution in [-0.2, 0) is 0 Å². The minimum Gasteiger partial charge on any atom is -0.446 e. The molecule has 1 N–H and O–H groups in total. The van der Waals surface area contributed by atoms with Gasteiger partial charge in [-0.3, -0.25) is 0 Å². The van der Waals surface area contributed by atoms with Crippen molar-refractivity contribution in [3.8, 4) is 11.6 Å². The van der Waals surface area contributed by atoms with E-state index >= 15 is 0 Å². The van der Waals surface area contributed by atoms with Gasteiger partial charge in [0.25, 0.3) is 0 Å². The number of furan rings is 1. The number of hydrogen-bond donors (Lipinski definition) is 1. The van der Waals surface area contributed by atoms with Gasteiger partial charge in [0.1, 0.15) is 0 Å². The minimum atomic E-state index is 0.415. The molecule has 0 radical (unpaired) electrons. The van der Waals surface area contributed by atoms with E-state index in [2.05, 4.69) is 31.4 Å². The van der Waals surface area contributed by atoms with Gasteiger partial charge in [-0.1, -0.05) is 5.16 Å². The van der Waals surface area contributed by atoms with Crippen molar-refractivity contribution in [1.29, 1.82) is 0 Å². The molecule has 1 saturated heterocycles. The van der Waals surface area contributed by atoms with Gasteiger partial charge >= 0.3 is 0 Å². The van der Waals surface area contributed by atoms with Crippen LogP contribution in [0.4, 0.5) is 0 Å². The first kappa shape index (κ1) is 11.7. The summed E-state index contributed by atoms with van der Waals surface area (Å²) in [7, 11) is 0. The van der Waals surface area contributed by atoms with Crippen LogP contribution in [0.1, 0.15) is 31.1 Å². The van der Waals surface area contributed by atoms with E-state index in [1.165, 1.54) is 19.3 Å². The topological polar surface area (TPSA) is 64.1 Å². The Balaban J connectivity index is 1.56. The fraction of sp³-hybridized carbons (Fsp3) is 0.538. The van der Waals surface area contributed by atoms with Gasteiger partial charge in [0.2, 0.25) is 11.7 Å². The van der Waals surface area contributed by atoms with Crippen LogP contribution in [0.25, 0.3) is 11.6 Å². The van der Waals surface area contributed by atoms with Crippen molar-refractivity contribution in [2.75, 3.05) is 13.1 Å². The fourth-order valence-corrected chi connectivity index (χ4v) is 3.39. The van der Waals surface area contributed by atoms with Crippen LogP contribution in [0.15, 0.2) is 25.7 Å². The van der Waals surface area contributed by atoms with Crippen LogP contribution < -0.4 is 5.32 Å². The van der Waals surface area contributed by atoms with E-state index in [-0.39, 0.29) is 0 Å². The van der Waals surface area contributed by atoms with Crippen LogP contribution in [-0.4, -0.2) is 23.2 Å². The smallest absolute Gasteiger partial charge is 0.238 e. The summed E-state index contributed by atoms with van der Waals surface area (Å²) in [5.41, 5.74) is 0.415. The van der Waals surface area contributed by atoms with Gasteiger partial charge in [0.05, 0.1) is 0 Å². The predicted octanol–water partition coefficient (Wildman–Crippen LogP) is 2.95.